The van der Waals surface area contributed by atoms with Gasteiger partial charge in [-0.2, -0.15) is 0 Å². The molecule has 41 heavy (non-hydrogen) atoms. The summed E-state index contributed by atoms with van der Waals surface area (Å²) in [5, 5.41) is 5.29. The Hall–Kier alpha value is -4.76. The summed E-state index contributed by atoms with van der Waals surface area (Å²) in [6.45, 7) is 7.13. The Balaban J connectivity index is 1.46. The highest BCUT2D eigenvalue weighted by molar-refractivity contribution is 6.90. The molecule has 0 spiro atoms. The molecule has 6 aromatic carbocycles. The number of benzene rings is 6. The van der Waals surface area contributed by atoms with E-state index in [4.69, 9.17) is 0 Å². The number of aryl methyl sites for hydroxylation is 1. The van der Waals surface area contributed by atoms with E-state index < -0.39 is 0 Å². The van der Waals surface area contributed by atoms with E-state index in [1.165, 1.54) is 88.4 Å². The van der Waals surface area contributed by atoms with E-state index in [-0.39, 0.29) is 12.3 Å². The zero-order valence-electron chi connectivity index (χ0n) is 23.4. The molecule has 0 saturated carbocycles. The number of fused-ring (bicyclic) bond motifs is 11. The van der Waals surface area contributed by atoms with E-state index in [0.717, 1.165) is 0 Å². The SMILES string of the molecule is Cc1cc2c3c(c1)N1c4ccccc4C(C)(C)c4cccc(c41)B3n1c3c-2cccc3c2ccc3ccccc3c21. The van der Waals surface area contributed by atoms with E-state index >= 15 is 0 Å². The number of nitrogens with zero attached hydrogens (tertiary/aromatic N) is 2. The van der Waals surface area contributed by atoms with Crippen LogP contribution in [0, 0.1) is 6.92 Å². The Kier molecular flexibility index (Phi) is 3.81. The van der Waals surface area contributed by atoms with Crippen LogP contribution in [0.1, 0.15) is 30.5 Å². The quantitative estimate of drug-likeness (QED) is 0.182. The fraction of sp³-hybridized carbons (Fsp3) is 0.105. The van der Waals surface area contributed by atoms with E-state index in [1.807, 2.05) is 0 Å². The maximum atomic E-state index is 2.70. The molecule has 0 radical (unpaired) electrons. The maximum Gasteiger partial charge on any atom is 0.333 e. The summed E-state index contributed by atoms with van der Waals surface area (Å²) in [7, 11) is 0. The summed E-state index contributed by atoms with van der Waals surface area (Å²) in [4.78, 5) is 2.59. The van der Waals surface area contributed by atoms with Crippen LogP contribution < -0.4 is 15.8 Å². The molecule has 3 aliphatic rings. The third-order valence-electron chi connectivity index (χ3n) is 10.2. The van der Waals surface area contributed by atoms with E-state index in [2.05, 4.69) is 139 Å². The number of rotatable bonds is 0. The Labute approximate surface area is 239 Å². The lowest BCUT2D eigenvalue weighted by Gasteiger charge is -2.48. The lowest BCUT2D eigenvalue weighted by atomic mass is 9.44. The average Bonchev–Trinajstić information content (AvgIpc) is 3.34. The van der Waals surface area contributed by atoms with Gasteiger partial charge in [-0.1, -0.05) is 111 Å². The molecule has 0 bridgehead atoms. The van der Waals surface area contributed by atoms with Crippen LogP contribution >= 0.6 is 0 Å². The Morgan fingerprint density at radius 1 is 0.610 bits per heavy atom. The number of anilines is 3. The van der Waals surface area contributed by atoms with Gasteiger partial charge < -0.3 is 9.38 Å². The highest BCUT2D eigenvalue weighted by Gasteiger charge is 2.47. The van der Waals surface area contributed by atoms with Crippen LogP contribution in [0.2, 0.25) is 0 Å². The highest BCUT2D eigenvalue weighted by atomic mass is 15.2. The summed E-state index contributed by atoms with van der Waals surface area (Å²) in [5.41, 5.74) is 16.2. The minimum absolute atomic E-state index is 0.0913. The van der Waals surface area contributed by atoms with Gasteiger partial charge in [-0.3, -0.25) is 0 Å². The molecule has 0 atom stereocenters. The smallest absolute Gasteiger partial charge is 0.333 e. The second-order valence-electron chi connectivity index (χ2n) is 12.6. The van der Waals surface area contributed by atoms with Crippen LogP contribution in [0.3, 0.4) is 0 Å². The lowest BCUT2D eigenvalue weighted by molar-refractivity contribution is 0.632. The number of aromatic nitrogens is 1. The summed E-state index contributed by atoms with van der Waals surface area (Å²) in [6, 6.07) is 41.4. The minimum Gasteiger partial charge on any atom is -0.375 e. The first-order valence-corrected chi connectivity index (χ1v) is 14.7. The molecule has 10 rings (SSSR count). The summed E-state index contributed by atoms with van der Waals surface area (Å²) in [6.07, 6.45) is 0. The second-order valence-corrected chi connectivity index (χ2v) is 12.6. The van der Waals surface area contributed by atoms with Gasteiger partial charge in [-0.05, 0) is 57.6 Å². The van der Waals surface area contributed by atoms with Gasteiger partial charge >= 0.3 is 6.85 Å². The minimum atomic E-state index is -0.101. The van der Waals surface area contributed by atoms with Gasteiger partial charge in [0.15, 0.2) is 0 Å². The van der Waals surface area contributed by atoms with Crippen molar-refractivity contribution in [3.63, 3.8) is 0 Å². The zero-order chi connectivity index (χ0) is 27.2. The predicted octanol–water partition coefficient (Wildman–Crippen LogP) is 8.31. The van der Waals surface area contributed by atoms with Crippen LogP contribution in [-0.2, 0) is 5.41 Å². The third-order valence-corrected chi connectivity index (χ3v) is 10.2. The standard InChI is InChI=1S/C38H27BN2/c1-22-20-28-26-13-8-12-25-27-19-18-23-10-4-5-11-24(23)35(27)41(36(25)26)39-31-16-9-15-30-37(31)40(33(21-22)34(28)39)32-17-7-6-14-29(32)38(30,2)3/h4-21H,1-3H3. The van der Waals surface area contributed by atoms with Gasteiger partial charge in [0.25, 0.3) is 0 Å². The van der Waals surface area contributed by atoms with Crippen molar-refractivity contribution < 1.29 is 0 Å². The van der Waals surface area contributed by atoms with E-state index in [1.54, 1.807) is 0 Å². The largest absolute Gasteiger partial charge is 0.375 e. The number of hydrogen-bond donors (Lipinski definition) is 0. The van der Waals surface area contributed by atoms with Crippen molar-refractivity contribution >= 4 is 67.4 Å². The lowest BCUT2D eigenvalue weighted by Crippen LogP contribution is -2.58. The molecule has 1 aromatic heterocycles. The molecular weight excluding hydrogens is 495 g/mol. The van der Waals surface area contributed by atoms with Crippen molar-refractivity contribution in [2.75, 3.05) is 4.90 Å². The molecular formula is C38H27BN2. The number of hydrogen-bond acceptors (Lipinski definition) is 1. The van der Waals surface area contributed by atoms with Crippen LogP contribution in [0.25, 0.3) is 43.7 Å². The van der Waals surface area contributed by atoms with Crippen LogP contribution in [-0.4, -0.2) is 11.3 Å². The highest BCUT2D eigenvalue weighted by Crippen LogP contribution is 2.54. The summed E-state index contributed by atoms with van der Waals surface area (Å²) < 4.78 is 2.70. The summed E-state index contributed by atoms with van der Waals surface area (Å²) in [5.74, 6) is 0. The molecule has 192 valence electrons. The van der Waals surface area contributed by atoms with Crippen molar-refractivity contribution in [2.45, 2.75) is 26.2 Å². The van der Waals surface area contributed by atoms with Gasteiger partial charge in [0.05, 0.1) is 5.69 Å². The van der Waals surface area contributed by atoms with Gasteiger partial charge in [0.1, 0.15) is 0 Å². The first-order chi connectivity index (χ1) is 20.0. The molecule has 0 aliphatic carbocycles. The molecule has 2 nitrogen and oxygen atoms in total. The molecule has 0 amide bonds. The predicted molar refractivity (Wildman–Crippen MR) is 174 cm³/mol. The Bertz CT molecular complexity index is 2320. The van der Waals surface area contributed by atoms with Crippen molar-refractivity contribution in [1.82, 2.24) is 4.48 Å². The van der Waals surface area contributed by atoms with Crippen molar-refractivity contribution in [3.05, 3.63) is 126 Å². The van der Waals surface area contributed by atoms with Gasteiger partial charge in [-0.15, -0.1) is 0 Å². The normalized spacial score (nSPS) is 15.3. The second kappa shape index (κ2) is 7.11. The molecule has 3 aliphatic heterocycles. The van der Waals surface area contributed by atoms with E-state index in [9.17, 15) is 0 Å². The number of para-hydroxylation sites is 3. The maximum absolute atomic E-state index is 2.70. The first kappa shape index (κ1) is 22.0. The Morgan fingerprint density at radius 2 is 1.37 bits per heavy atom. The van der Waals surface area contributed by atoms with Gasteiger partial charge in [0.2, 0.25) is 0 Å². The van der Waals surface area contributed by atoms with Gasteiger partial charge in [0, 0.05) is 49.5 Å². The van der Waals surface area contributed by atoms with Gasteiger partial charge in [-0.25, -0.2) is 0 Å². The molecule has 4 heterocycles. The average molecular weight is 522 g/mol. The Morgan fingerprint density at radius 3 is 2.29 bits per heavy atom. The molecule has 0 unspecified atom stereocenters. The first-order valence-electron chi connectivity index (χ1n) is 14.7. The monoisotopic (exact) mass is 522 g/mol. The fourth-order valence-corrected chi connectivity index (χ4v) is 8.49. The van der Waals surface area contributed by atoms with E-state index in [0.29, 0.717) is 0 Å². The van der Waals surface area contributed by atoms with Crippen LogP contribution in [0.5, 0.6) is 0 Å². The van der Waals surface area contributed by atoms with Crippen LogP contribution in [0.15, 0.2) is 109 Å². The fourth-order valence-electron chi connectivity index (χ4n) is 8.49. The summed E-state index contributed by atoms with van der Waals surface area (Å²) >= 11 is 0. The van der Waals surface area contributed by atoms with Crippen LogP contribution in [0.4, 0.5) is 17.1 Å². The molecule has 0 fully saturated rings. The van der Waals surface area contributed by atoms with Crippen molar-refractivity contribution in [2.24, 2.45) is 0 Å². The van der Waals surface area contributed by atoms with Crippen molar-refractivity contribution in [3.8, 4) is 11.1 Å². The topological polar surface area (TPSA) is 8.17 Å². The van der Waals surface area contributed by atoms with Crippen molar-refractivity contribution in [1.29, 1.82) is 0 Å². The third kappa shape index (κ3) is 2.44. The zero-order valence-corrected chi connectivity index (χ0v) is 23.4. The molecule has 3 heteroatoms. The molecule has 0 N–H and O–H groups in total. The molecule has 7 aromatic rings. The molecule has 0 saturated heterocycles.